The number of nitrogens with zero attached hydrogens (tertiary/aromatic N) is 1. The molecule has 1 atom stereocenters. The minimum atomic E-state index is -0.243. The molecule has 0 saturated heterocycles. The maximum atomic E-state index is 13.0. The number of benzene rings is 2. The first-order chi connectivity index (χ1) is 10.8. The Morgan fingerprint density at radius 3 is 2.73 bits per heavy atom. The van der Waals surface area contributed by atoms with E-state index >= 15 is 0 Å². The van der Waals surface area contributed by atoms with Crippen molar-refractivity contribution in [2.45, 2.75) is 5.92 Å². The zero-order chi connectivity index (χ0) is 15.1. The van der Waals surface area contributed by atoms with E-state index < -0.39 is 0 Å². The SMILES string of the molecule is C=CCN1C(=O)C(c2c[nH]c3ccccc23)c2ccccc21. The predicted octanol–water partition coefficient (Wildman–Crippen LogP) is 3.83. The Kier molecular flexibility index (Phi) is 2.86. The van der Waals surface area contributed by atoms with Gasteiger partial charge in [-0.3, -0.25) is 4.79 Å². The Hall–Kier alpha value is -2.81. The van der Waals surface area contributed by atoms with Gasteiger partial charge in [0.2, 0.25) is 5.91 Å². The number of H-pyrrole nitrogens is 1. The number of hydrogen-bond acceptors (Lipinski definition) is 1. The van der Waals surface area contributed by atoms with Gasteiger partial charge in [0.15, 0.2) is 0 Å². The highest BCUT2D eigenvalue weighted by Crippen LogP contribution is 2.42. The lowest BCUT2D eigenvalue weighted by atomic mass is 9.92. The number of amides is 1. The van der Waals surface area contributed by atoms with Crippen LogP contribution in [0.3, 0.4) is 0 Å². The van der Waals surface area contributed by atoms with Crippen molar-refractivity contribution in [2.75, 3.05) is 11.4 Å². The van der Waals surface area contributed by atoms with Crippen LogP contribution in [0, 0.1) is 0 Å². The van der Waals surface area contributed by atoms with Crippen molar-refractivity contribution in [3.8, 4) is 0 Å². The maximum Gasteiger partial charge on any atom is 0.239 e. The van der Waals surface area contributed by atoms with Crippen LogP contribution in [0.15, 0.2) is 67.4 Å². The molecule has 4 rings (SSSR count). The largest absolute Gasteiger partial charge is 0.361 e. The second-order valence-electron chi connectivity index (χ2n) is 5.52. The van der Waals surface area contributed by atoms with E-state index in [9.17, 15) is 4.79 Å². The molecular weight excluding hydrogens is 272 g/mol. The van der Waals surface area contributed by atoms with Gasteiger partial charge in [-0.25, -0.2) is 0 Å². The molecule has 1 aromatic heterocycles. The normalized spacial score (nSPS) is 17.0. The Labute approximate surface area is 128 Å². The van der Waals surface area contributed by atoms with Gasteiger partial charge in [0.25, 0.3) is 0 Å². The Balaban J connectivity index is 1.92. The predicted molar refractivity (Wildman–Crippen MR) is 89.1 cm³/mol. The molecule has 1 N–H and O–H groups in total. The van der Waals surface area contributed by atoms with Crippen molar-refractivity contribution in [3.63, 3.8) is 0 Å². The number of fused-ring (bicyclic) bond motifs is 2. The summed E-state index contributed by atoms with van der Waals surface area (Å²) in [5, 5.41) is 1.11. The van der Waals surface area contributed by atoms with Crippen LogP contribution in [0.4, 0.5) is 5.69 Å². The van der Waals surface area contributed by atoms with Gasteiger partial charge in [-0.2, -0.15) is 0 Å². The van der Waals surface area contributed by atoms with E-state index in [1.807, 2.05) is 53.6 Å². The van der Waals surface area contributed by atoms with E-state index in [-0.39, 0.29) is 11.8 Å². The number of nitrogens with one attached hydrogen (secondary N) is 1. The molecule has 2 heterocycles. The number of rotatable bonds is 3. The molecule has 1 aliphatic heterocycles. The van der Waals surface area contributed by atoms with Crippen molar-refractivity contribution in [3.05, 3.63) is 78.5 Å². The fourth-order valence-corrected chi connectivity index (χ4v) is 3.34. The third-order valence-corrected chi connectivity index (χ3v) is 4.30. The van der Waals surface area contributed by atoms with Crippen molar-refractivity contribution >= 4 is 22.5 Å². The van der Waals surface area contributed by atoms with Gasteiger partial charge in [0, 0.05) is 29.3 Å². The lowest BCUT2D eigenvalue weighted by Gasteiger charge is -2.15. The van der Waals surface area contributed by atoms with Gasteiger partial charge >= 0.3 is 0 Å². The number of anilines is 1. The first kappa shape index (κ1) is 12.9. The molecule has 3 aromatic rings. The molecule has 22 heavy (non-hydrogen) atoms. The second-order valence-corrected chi connectivity index (χ2v) is 5.52. The summed E-state index contributed by atoms with van der Waals surface area (Å²) in [5.74, 6) is -0.127. The number of carbonyl (C=O) groups excluding carboxylic acids is 1. The van der Waals surface area contributed by atoms with Gasteiger partial charge in [0.1, 0.15) is 0 Å². The summed E-state index contributed by atoms with van der Waals surface area (Å²) in [7, 11) is 0. The van der Waals surface area contributed by atoms with Crippen LogP contribution < -0.4 is 4.90 Å². The Morgan fingerprint density at radius 2 is 1.86 bits per heavy atom. The molecule has 1 aliphatic rings. The third kappa shape index (κ3) is 1.72. The zero-order valence-corrected chi connectivity index (χ0v) is 12.1. The van der Waals surface area contributed by atoms with Crippen LogP contribution in [-0.2, 0) is 4.79 Å². The molecule has 0 spiro atoms. The molecule has 0 saturated carbocycles. The number of carbonyl (C=O) groups is 1. The van der Waals surface area contributed by atoms with Gasteiger partial charge in [0.05, 0.1) is 5.92 Å². The van der Waals surface area contributed by atoms with Crippen molar-refractivity contribution in [1.82, 2.24) is 4.98 Å². The summed E-state index contributed by atoms with van der Waals surface area (Å²) >= 11 is 0. The summed E-state index contributed by atoms with van der Waals surface area (Å²) in [6, 6.07) is 16.1. The van der Waals surface area contributed by atoms with E-state index in [0.717, 1.165) is 27.7 Å². The standard InChI is InChI=1S/C19H16N2O/c1-2-11-21-17-10-6-4-8-14(17)18(19(21)22)15-12-20-16-9-5-3-7-13(15)16/h2-10,12,18,20H,1,11H2. The van der Waals surface area contributed by atoms with Crippen LogP contribution in [0.1, 0.15) is 17.0 Å². The van der Waals surface area contributed by atoms with Crippen molar-refractivity contribution in [1.29, 1.82) is 0 Å². The fraction of sp³-hybridized carbons (Fsp3) is 0.105. The van der Waals surface area contributed by atoms with Gasteiger partial charge < -0.3 is 9.88 Å². The minimum absolute atomic E-state index is 0.117. The summed E-state index contributed by atoms with van der Waals surface area (Å²) in [4.78, 5) is 18.0. The molecule has 0 aliphatic carbocycles. The highest BCUT2D eigenvalue weighted by Gasteiger charge is 2.38. The summed E-state index contributed by atoms with van der Waals surface area (Å²) in [6.07, 6.45) is 3.73. The summed E-state index contributed by atoms with van der Waals surface area (Å²) in [6.45, 7) is 4.31. The van der Waals surface area contributed by atoms with Crippen LogP contribution >= 0.6 is 0 Å². The molecule has 2 aromatic carbocycles. The molecule has 3 nitrogen and oxygen atoms in total. The fourth-order valence-electron chi connectivity index (χ4n) is 3.34. The summed E-state index contributed by atoms with van der Waals surface area (Å²) in [5.41, 5.74) is 4.16. The first-order valence-electron chi connectivity index (χ1n) is 7.38. The molecular formula is C19H16N2O. The molecule has 3 heteroatoms. The van der Waals surface area contributed by atoms with Gasteiger partial charge in [-0.05, 0) is 23.3 Å². The Morgan fingerprint density at radius 1 is 1.09 bits per heavy atom. The van der Waals surface area contributed by atoms with Crippen LogP contribution in [0.5, 0.6) is 0 Å². The topological polar surface area (TPSA) is 36.1 Å². The van der Waals surface area contributed by atoms with E-state index in [4.69, 9.17) is 0 Å². The molecule has 108 valence electrons. The highest BCUT2D eigenvalue weighted by atomic mass is 16.2. The molecule has 0 bridgehead atoms. The zero-order valence-electron chi connectivity index (χ0n) is 12.1. The number of para-hydroxylation sites is 2. The average molecular weight is 288 g/mol. The van der Waals surface area contributed by atoms with Crippen LogP contribution in [0.25, 0.3) is 10.9 Å². The van der Waals surface area contributed by atoms with E-state index in [2.05, 4.69) is 17.6 Å². The molecule has 0 radical (unpaired) electrons. The van der Waals surface area contributed by atoms with Crippen molar-refractivity contribution in [2.24, 2.45) is 0 Å². The Bertz CT molecular complexity index is 878. The number of aromatic amines is 1. The monoisotopic (exact) mass is 288 g/mol. The lowest BCUT2D eigenvalue weighted by Crippen LogP contribution is -2.29. The lowest BCUT2D eigenvalue weighted by molar-refractivity contribution is -0.118. The number of aromatic nitrogens is 1. The second kappa shape index (κ2) is 4.88. The average Bonchev–Trinajstić information content (AvgIpc) is 3.08. The number of hydrogen-bond donors (Lipinski definition) is 1. The van der Waals surface area contributed by atoms with Gasteiger partial charge in [-0.15, -0.1) is 6.58 Å². The molecule has 0 fully saturated rings. The quantitative estimate of drug-likeness (QED) is 0.730. The highest BCUT2D eigenvalue weighted by molar-refractivity contribution is 6.09. The maximum absolute atomic E-state index is 13.0. The first-order valence-corrected chi connectivity index (χ1v) is 7.38. The third-order valence-electron chi connectivity index (χ3n) is 4.30. The van der Waals surface area contributed by atoms with E-state index in [1.165, 1.54) is 0 Å². The van der Waals surface area contributed by atoms with Gasteiger partial charge in [-0.1, -0.05) is 42.5 Å². The van der Waals surface area contributed by atoms with E-state index in [0.29, 0.717) is 6.54 Å². The van der Waals surface area contributed by atoms with Crippen molar-refractivity contribution < 1.29 is 4.79 Å². The molecule has 1 amide bonds. The smallest absolute Gasteiger partial charge is 0.239 e. The molecule has 1 unspecified atom stereocenters. The van der Waals surface area contributed by atoms with Crippen LogP contribution in [-0.4, -0.2) is 17.4 Å². The summed E-state index contributed by atoms with van der Waals surface area (Å²) < 4.78 is 0. The van der Waals surface area contributed by atoms with E-state index in [1.54, 1.807) is 6.08 Å². The minimum Gasteiger partial charge on any atom is -0.361 e. The van der Waals surface area contributed by atoms with Crippen LogP contribution in [0.2, 0.25) is 0 Å².